The van der Waals surface area contributed by atoms with Crippen molar-refractivity contribution in [1.82, 2.24) is 25.4 Å². The monoisotopic (exact) mass is 435 g/mol. The predicted molar refractivity (Wildman–Crippen MR) is 117 cm³/mol. The number of nitrogens with zero attached hydrogens (tertiary/aromatic N) is 3. The molecule has 9 nitrogen and oxygen atoms in total. The number of carbonyl (C=O) groups excluding carboxylic acids is 1. The van der Waals surface area contributed by atoms with Crippen LogP contribution in [0, 0.1) is 5.92 Å². The van der Waals surface area contributed by atoms with Crippen molar-refractivity contribution in [2.75, 3.05) is 26.5 Å². The van der Waals surface area contributed by atoms with Gasteiger partial charge in [0.2, 0.25) is 6.79 Å². The van der Waals surface area contributed by atoms with Gasteiger partial charge in [-0.05, 0) is 43.7 Å². The van der Waals surface area contributed by atoms with E-state index < -0.39 is 0 Å². The second kappa shape index (κ2) is 7.98. The fraction of sp³-hybridized carbons (Fsp3) is 0.435. The van der Waals surface area contributed by atoms with E-state index in [9.17, 15) is 4.79 Å². The van der Waals surface area contributed by atoms with Gasteiger partial charge in [-0.25, -0.2) is 15.0 Å². The van der Waals surface area contributed by atoms with E-state index in [1.807, 2.05) is 17.1 Å². The van der Waals surface area contributed by atoms with E-state index in [0.29, 0.717) is 52.1 Å². The van der Waals surface area contributed by atoms with Gasteiger partial charge in [-0.1, -0.05) is 6.42 Å². The van der Waals surface area contributed by atoms with Crippen molar-refractivity contribution in [3.05, 3.63) is 30.2 Å². The van der Waals surface area contributed by atoms with Gasteiger partial charge in [-0.2, -0.15) is 0 Å². The molecule has 0 bridgehead atoms. The largest absolute Gasteiger partial charge is 0.492 e. The zero-order valence-corrected chi connectivity index (χ0v) is 17.7. The summed E-state index contributed by atoms with van der Waals surface area (Å²) in [4.78, 5) is 25.1. The Balaban J connectivity index is 1.38. The molecule has 0 unspecified atom stereocenters. The molecule has 2 aromatic heterocycles. The Hall–Kier alpha value is -3.33. The quantitative estimate of drug-likeness (QED) is 0.613. The van der Waals surface area contributed by atoms with Gasteiger partial charge >= 0.3 is 0 Å². The SMILES string of the molecule is O=C(NN1CCCCC1)c1c[nH]c2c(-c3c(OCC4CC4)ccc4c3OCO4)ncnc12. The summed E-state index contributed by atoms with van der Waals surface area (Å²) in [5.74, 6) is 2.38. The Labute approximate surface area is 185 Å². The molecule has 6 rings (SSSR count). The number of nitrogens with one attached hydrogen (secondary N) is 2. The highest BCUT2D eigenvalue weighted by atomic mass is 16.7. The fourth-order valence-electron chi connectivity index (χ4n) is 4.30. The van der Waals surface area contributed by atoms with Gasteiger partial charge in [0.15, 0.2) is 11.5 Å². The van der Waals surface area contributed by atoms with Crippen LogP contribution >= 0.6 is 0 Å². The molecule has 1 aliphatic carbocycles. The predicted octanol–water partition coefficient (Wildman–Crippen LogP) is 3.27. The number of carbonyl (C=O) groups is 1. The number of aromatic amines is 1. The normalized spacial score (nSPS) is 18.1. The molecular weight excluding hydrogens is 410 g/mol. The number of rotatable bonds is 6. The highest BCUT2D eigenvalue weighted by molar-refractivity contribution is 6.08. The molecule has 1 amide bonds. The molecule has 9 heteroatoms. The van der Waals surface area contributed by atoms with Gasteiger partial charge < -0.3 is 19.2 Å². The zero-order chi connectivity index (χ0) is 21.5. The third-order valence-corrected chi connectivity index (χ3v) is 6.23. The Morgan fingerprint density at radius 2 is 2.06 bits per heavy atom. The number of H-pyrrole nitrogens is 1. The number of aromatic nitrogens is 3. The van der Waals surface area contributed by atoms with Crippen LogP contribution in [0.15, 0.2) is 24.7 Å². The first-order chi connectivity index (χ1) is 15.8. The number of hydrogen-bond donors (Lipinski definition) is 2. The minimum Gasteiger partial charge on any atom is -0.492 e. The van der Waals surface area contributed by atoms with Crippen LogP contribution in [-0.4, -0.2) is 52.4 Å². The molecule has 0 radical (unpaired) electrons. The number of benzene rings is 1. The summed E-state index contributed by atoms with van der Waals surface area (Å²) in [6.45, 7) is 2.54. The van der Waals surface area contributed by atoms with Crippen molar-refractivity contribution in [2.24, 2.45) is 5.92 Å². The number of ether oxygens (including phenoxy) is 3. The zero-order valence-electron chi connectivity index (χ0n) is 17.7. The van der Waals surface area contributed by atoms with Gasteiger partial charge in [-0.3, -0.25) is 10.2 Å². The number of hydrazine groups is 1. The van der Waals surface area contributed by atoms with Crippen LogP contribution in [0.3, 0.4) is 0 Å². The third-order valence-electron chi connectivity index (χ3n) is 6.23. The molecule has 0 spiro atoms. The van der Waals surface area contributed by atoms with Crippen LogP contribution in [0.5, 0.6) is 17.2 Å². The van der Waals surface area contributed by atoms with Crippen molar-refractivity contribution < 1.29 is 19.0 Å². The number of fused-ring (bicyclic) bond motifs is 2. The number of piperidine rings is 1. The molecule has 0 atom stereocenters. The fourth-order valence-corrected chi connectivity index (χ4v) is 4.30. The molecule has 1 saturated heterocycles. The number of amides is 1. The maximum atomic E-state index is 13.0. The summed E-state index contributed by atoms with van der Waals surface area (Å²) in [6.07, 6.45) is 8.94. The molecule has 1 saturated carbocycles. The molecule has 2 N–H and O–H groups in total. The van der Waals surface area contributed by atoms with Crippen LogP contribution in [0.4, 0.5) is 0 Å². The average Bonchev–Trinajstić information content (AvgIpc) is 3.34. The van der Waals surface area contributed by atoms with Crippen LogP contribution in [0.1, 0.15) is 42.5 Å². The van der Waals surface area contributed by atoms with Gasteiger partial charge in [-0.15, -0.1) is 0 Å². The van der Waals surface area contributed by atoms with E-state index in [-0.39, 0.29) is 12.7 Å². The van der Waals surface area contributed by atoms with Crippen molar-refractivity contribution in [1.29, 1.82) is 0 Å². The first kappa shape index (κ1) is 19.4. The third kappa shape index (κ3) is 3.52. The van der Waals surface area contributed by atoms with Gasteiger partial charge in [0, 0.05) is 19.3 Å². The van der Waals surface area contributed by atoms with Crippen molar-refractivity contribution in [2.45, 2.75) is 32.1 Å². The number of hydrogen-bond acceptors (Lipinski definition) is 7. The summed E-state index contributed by atoms with van der Waals surface area (Å²) >= 11 is 0. The molecule has 2 aliphatic heterocycles. The summed E-state index contributed by atoms with van der Waals surface area (Å²) in [5, 5.41) is 1.98. The first-order valence-electron chi connectivity index (χ1n) is 11.2. The van der Waals surface area contributed by atoms with Gasteiger partial charge in [0.25, 0.3) is 5.91 Å². The summed E-state index contributed by atoms with van der Waals surface area (Å²) < 4.78 is 17.5. The topological polar surface area (TPSA) is 102 Å². The molecule has 2 fully saturated rings. The second-order valence-electron chi connectivity index (χ2n) is 8.56. The molecule has 166 valence electrons. The van der Waals surface area contributed by atoms with Crippen molar-refractivity contribution >= 4 is 16.9 Å². The van der Waals surface area contributed by atoms with Gasteiger partial charge in [0.05, 0.1) is 23.3 Å². The molecular formula is C23H25N5O4. The van der Waals surface area contributed by atoms with E-state index in [1.165, 1.54) is 25.6 Å². The van der Waals surface area contributed by atoms with E-state index in [1.54, 1.807) is 6.20 Å². The molecule has 3 aromatic rings. The minimum absolute atomic E-state index is 0.150. The Bertz CT molecular complexity index is 1170. The van der Waals surface area contributed by atoms with Gasteiger partial charge in [0.1, 0.15) is 23.3 Å². The summed E-state index contributed by atoms with van der Waals surface area (Å²) in [7, 11) is 0. The van der Waals surface area contributed by atoms with Crippen LogP contribution < -0.4 is 19.6 Å². The highest BCUT2D eigenvalue weighted by Gasteiger charge is 2.29. The lowest BCUT2D eigenvalue weighted by Crippen LogP contribution is -2.45. The maximum absolute atomic E-state index is 13.0. The van der Waals surface area contributed by atoms with Crippen LogP contribution in [-0.2, 0) is 0 Å². The Kier molecular flexibility index (Phi) is 4.83. The van der Waals surface area contributed by atoms with E-state index in [0.717, 1.165) is 31.5 Å². The van der Waals surface area contributed by atoms with E-state index in [2.05, 4.69) is 20.4 Å². The molecule has 32 heavy (non-hydrogen) atoms. The van der Waals surface area contributed by atoms with Crippen molar-refractivity contribution in [3.8, 4) is 28.5 Å². The van der Waals surface area contributed by atoms with E-state index >= 15 is 0 Å². The Morgan fingerprint density at radius 1 is 1.19 bits per heavy atom. The van der Waals surface area contributed by atoms with Crippen molar-refractivity contribution in [3.63, 3.8) is 0 Å². The highest BCUT2D eigenvalue weighted by Crippen LogP contribution is 2.48. The lowest BCUT2D eigenvalue weighted by molar-refractivity contribution is 0.0751. The standard InChI is InChI=1S/C23H25N5O4/c29-23(27-28-8-2-1-3-9-28)15-10-24-21-19(15)25-12-26-20(21)18-16(30-11-14-4-5-14)6-7-17-22(18)32-13-31-17/h6-7,10,12,14,24H,1-5,8-9,11,13H2,(H,27,29). The summed E-state index contributed by atoms with van der Waals surface area (Å²) in [6, 6.07) is 3.75. The molecule has 4 heterocycles. The lowest BCUT2D eigenvalue weighted by Gasteiger charge is -2.26. The first-order valence-corrected chi connectivity index (χ1v) is 11.2. The van der Waals surface area contributed by atoms with Crippen LogP contribution in [0.25, 0.3) is 22.3 Å². The average molecular weight is 435 g/mol. The minimum atomic E-state index is -0.175. The van der Waals surface area contributed by atoms with Crippen LogP contribution in [0.2, 0.25) is 0 Å². The molecule has 3 aliphatic rings. The summed E-state index contributed by atoms with van der Waals surface area (Å²) in [5.41, 5.74) is 6.07. The molecule has 1 aromatic carbocycles. The second-order valence-corrected chi connectivity index (χ2v) is 8.56. The maximum Gasteiger partial charge on any atom is 0.269 e. The van der Waals surface area contributed by atoms with E-state index in [4.69, 9.17) is 14.2 Å². The smallest absolute Gasteiger partial charge is 0.269 e. The Morgan fingerprint density at radius 3 is 2.91 bits per heavy atom. The lowest BCUT2D eigenvalue weighted by atomic mass is 10.1.